The lowest BCUT2D eigenvalue weighted by molar-refractivity contribution is -0.119. The lowest BCUT2D eigenvalue weighted by atomic mass is 10.1. The van der Waals surface area contributed by atoms with Gasteiger partial charge in [0.2, 0.25) is 15.9 Å². The summed E-state index contributed by atoms with van der Waals surface area (Å²) >= 11 is 1.21. The molecular weight excluding hydrogens is 334 g/mol. The molecule has 1 saturated carbocycles. The third-order valence-electron chi connectivity index (χ3n) is 4.33. The van der Waals surface area contributed by atoms with Gasteiger partial charge in [0.05, 0.1) is 6.54 Å². The van der Waals surface area contributed by atoms with Crippen LogP contribution in [0.15, 0.2) is 16.3 Å². The Balaban J connectivity index is 1.55. The van der Waals surface area contributed by atoms with E-state index in [1.807, 2.05) is 0 Å². The molecule has 2 N–H and O–H groups in total. The summed E-state index contributed by atoms with van der Waals surface area (Å²) in [6, 6.07) is 4.14. The molecule has 1 saturated heterocycles. The van der Waals surface area contributed by atoms with Gasteiger partial charge in [0.25, 0.3) is 0 Å². The third-order valence-corrected chi connectivity index (χ3v) is 7.43. The molecule has 2 fully saturated rings. The molecule has 128 valence electrons. The maximum atomic E-state index is 12.5. The fourth-order valence-corrected chi connectivity index (χ4v) is 5.53. The van der Waals surface area contributed by atoms with Crippen LogP contribution in [0.2, 0.25) is 0 Å². The van der Waals surface area contributed by atoms with E-state index < -0.39 is 10.0 Å². The summed E-state index contributed by atoms with van der Waals surface area (Å²) in [6.45, 7) is 3.78. The van der Waals surface area contributed by atoms with E-state index in [9.17, 15) is 13.2 Å². The van der Waals surface area contributed by atoms with Gasteiger partial charge in [-0.1, -0.05) is 0 Å². The first-order chi connectivity index (χ1) is 10.9. The zero-order valence-electron chi connectivity index (χ0n) is 13.2. The molecule has 23 heavy (non-hydrogen) atoms. The average molecular weight is 358 g/mol. The summed E-state index contributed by atoms with van der Waals surface area (Å²) < 4.78 is 28.1. The van der Waals surface area contributed by atoms with E-state index in [2.05, 4.69) is 14.9 Å². The molecule has 1 aromatic heterocycles. The predicted octanol–water partition coefficient (Wildman–Crippen LogP) is 1.29. The number of sulfonamides is 1. The Morgan fingerprint density at radius 3 is 2.57 bits per heavy atom. The lowest BCUT2D eigenvalue weighted by Gasteiger charge is -2.32. The van der Waals surface area contributed by atoms with E-state index in [0.717, 1.165) is 36.9 Å². The number of piperidine rings is 1. The summed E-state index contributed by atoms with van der Waals surface area (Å²) in [5, 5.41) is 2.68. The van der Waals surface area contributed by atoms with Crippen LogP contribution in [0, 0.1) is 0 Å². The molecule has 1 aromatic rings. The van der Waals surface area contributed by atoms with Gasteiger partial charge in [0.1, 0.15) is 4.21 Å². The Bertz CT molecular complexity index is 659. The van der Waals surface area contributed by atoms with Crippen LogP contribution >= 0.6 is 11.3 Å². The number of hydrogen-bond acceptors (Lipinski definition) is 5. The fourth-order valence-electron chi connectivity index (χ4n) is 2.91. The van der Waals surface area contributed by atoms with Crippen LogP contribution in [0.1, 0.15) is 37.5 Å². The number of thiophene rings is 1. The highest BCUT2D eigenvalue weighted by Gasteiger charge is 2.33. The minimum atomic E-state index is -3.46. The highest BCUT2D eigenvalue weighted by atomic mass is 32.2. The van der Waals surface area contributed by atoms with Crippen LogP contribution in [0.5, 0.6) is 0 Å². The standard InChI is InChI=1S/C15H23N3O3S2/c1-11(19)16-10-14-4-5-15(22-14)23(20,21)17-12-6-8-18(9-7-12)13-2-3-13/h4-5,12-13,17H,2-3,6-10H2,1H3,(H,16,19). The number of nitrogens with zero attached hydrogens (tertiary/aromatic N) is 1. The topological polar surface area (TPSA) is 78.5 Å². The molecule has 0 unspecified atom stereocenters. The smallest absolute Gasteiger partial charge is 0.250 e. The number of carbonyl (C=O) groups excluding carboxylic acids is 1. The summed E-state index contributed by atoms with van der Waals surface area (Å²) in [6.07, 6.45) is 4.34. The molecule has 8 heteroatoms. The maximum Gasteiger partial charge on any atom is 0.250 e. The second-order valence-corrected chi connectivity index (χ2v) is 9.40. The van der Waals surface area contributed by atoms with Crippen molar-refractivity contribution in [3.05, 3.63) is 17.0 Å². The number of likely N-dealkylation sites (tertiary alicyclic amines) is 1. The zero-order chi connectivity index (χ0) is 16.4. The van der Waals surface area contributed by atoms with Crippen LogP contribution in [0.4, 0.5) is 0 Å². The largest absolute Gasteiger partial charge is 0.351 e. The molecule has 0 atom stereocenters. The van der Waals surface area contributed by atoms with Gasteiger partial charge in [0.15, 0.2) is 0 Å². The number of hydrogen-bond donors (Lipinski definition) is 2. The SMILES string of the molecule is CC(=O)NCc1ccc(S(=O)(=O)NC2CCN(C3CC3)CC2)s1. The molecule has 1 aliphatic heterocycles. The van der Waals surface area contributed by atoms with Gasteiger partial charge in [-0.3, -0.25) is 4.79 Å². The molecule has 2 heterocycles. The molecule has 0 radical (unpaired) electrons. The minimum Gasteiger partial charge on any atom is -0.351 e. The van der Waals surface area contributed by atoms with E-state index in [0.29, 0.717) is 10.8 Å². The molecule has 3 rings (SSSR count). The van der Waals surface area contributed by atoms with Gasteiger partial charge in [-0.2, -0.15) is 0 Å². The van der Waals surface area contributed by atoms with Crippen molar-refractivity contribution >= 4 is 27.3 Å². The normalized spacial score (nSPS) is 20.6. The van der Waals surface area contributed by atoms with Gasteiger partial charge in [-0.15, -0.1) is 11.3 Å². The molecule has 1 amide bonds. The van der Waals surface area contributed by atoms with E-state index in [4.69, 9.17) is 0 Å². The summed E-state index contributed by atoms with van der Waals surface area (Å²) in [5.74, 6) is -0.122. The summed E-state index contributed by atoms with van der Waals surface area (Å²) in [7, 11) is -3.46. The molecule has 0 spiro atoms. The quantitative estimate of drug-likeness (QED) is 0.804. The van der Waals surface area contributed by atoms with Crippen molar-refractivity contribution in [1.82, 2.24) is 14.9 Å². The molecular formula is C15H23N3O3S2. The molecule has 6 nitrogen and oxygen atoms in total. The van der Waals surface area contributed by atoms with Gasteiger partial charge in [-0.25, -0.2) is 13.1 Å². The highest BCUT2D eigenvalue weighted by Crippen LogP contribution is 2.30. The van der Waals surface area contributed by atoms with Crippen LogP contribution in [-0.2, 0) is 21.4 Å². The second kappa shape index (κ2) is 6.88. The van der Waals surface area contributed by atoms with Crippen LogP contribution < -0.4 is 10.0 Å². The van der Waals surface area contributed by atoms with Crippen molar-refractivity contribution in [2.24, 2.45) is 0 Å². The summed E-state index contributed by atoms with van der Waals surface area (Å²) in [4.78, 5) is 14.2. The van der Waals surface area contributed by atoms with E-state index >= 15 is 0 Å². The minimum absolute atomic E-state index is 0.0240. The van der Waals surface area contributed by atoms with Crippen molar-refractivity contribution in [2.45, 2.75) is 55.4 Å². The van der Waals surface area contributed by atoms with Gasteiger partial charge < -0.3 is 10.2 Å². The first-order valence-electron chi connectivity index (χ1n) is 8.03. The number of carbonyl (C=O) groups is 1. The van der Waals surface area contributed by atoms with E-state index in [1.54, 1.807) is 12.1 Å². The Kier molecular flexibility index (Phi) is 5.05. The molecule has 0 aromatic carbocycles. The number of amides is 1. The molecule has 2 aliphatic rings. The van der Waals surface area contributed by atoms with E-state index in [1.165, 1.54) is 31.1 Å². The Morgan fingerprint density at radius 2 is 1.96 bits per heavy atom. The van der Waals surface area contributed by atoms with Crippen LogP contribution in [0.25, 0.3) is 0 Å². The van der Waals surface area contributed by atoms with Crippen molar-refractivity contribution in [1.29, 1.82) is 0 Å². The van der Waals surface area contributed by atoms with Crippen molar-refractivity contribution in [3.63, 3.8) is 0 Å². The number of rotatable bonds is 6. The van der Waals surface area contributed by atoms with E-state index in [-0.39, 0.29) is 11.9 Å². The predicted molar refractivity (Wildman–Crippen MR) is 89.8 cm³/mol. The maximum absolute atomic E-state index is 12.5. The van der Waals surface area contributed by atoms with Gasteiger partial charge >= 0.3 is 0 Å². The monoisotopic (exact) mass is 357 g/mol. The summed E-state index contributed by atoms with van der Waals surface area (Å²) in [5.41, 5.74) is 0. The van der Waals surface area contributed by atoms with Crippen LogP contribution in [-0.4, -0.2) is 44.4 Å². The third kappa shape index (κ3) is 4.53. The fraction of sp³-hybridized carbons (Fsp3) is 0.667. The van der Waals surface area contributed by atoms with Crippen LogP contribution in [0.3, 0.4) is 0 Å². The first-order valence-corrected chi connectivity index (χ1v) is 10.3. The Hall–Kier alpha value is -0.960. The second-order valence-electron chi connectivity index (χ2n) is 6.29. The molecule has 0 bridgehead atoms. The lowest BCUT2D eigenvalue weighted by Crippen LogP contribution is -2.45. The molecule has 1 aliphatic carbocycles. The van der Waals surface area contributed by atoms with Crippen molar-refractivity contribution in [2.75, 3.05) is 13.1 Å². The average Bonchev–Trinajstić information content (AvgIpc) is 3.23. The van der Waals surface area contributed by atoms with Crippen molar-refractivity contribution < 1.29 is 13.2 Å². The Morgan fingerprint density at radius 1 is 1.26 bits per heavy atom. The van der Waals surface area contributed by atoms with Gasteiger partial charge in [0, 0.05) is 23.9 Å². The van der Waals surface area contributed by atoms with Crippen molar-refractivity contribution in [3.8, 4) is 0 Å². The highest BCUT2D eigenvalue weighted by molar-refractivity contribution is 7.91. The zero-order valence-corrected chi connectivity index (χ0v) is 14.9. The number of nitrogens with one attached hydrogen (secondary N) is 2. The first kappa shape index (κ1) is 16.9. The Labute approximate surface area is 141 Å². The van der Waals surface area contributed by atoms with Gasteiger partial charge in [-0.05, 0) is 50.9 Å².